The monoisotopic (exact) mass is 400 g/mol. The predicted octanol–water partition coefficient (Wildman–Crippen LogP) is 2.27. The number of aromatic hydroxyl groups is 1. The van der Waals surface area contributed by atoms with Crippen molar-refractivity contribution < 1.29 is 9.84 Å². The van der Waals surface area contributed by atoms with Crippen LogP contribution in [0.2, 0.25) is 0 Å². The van der Waals surface area contributed by atoms with Crippen molar-refractivity contribution in [1.29, 1.82) is 0 Å². The van der Waals surface area contributed by atoms with E-state index in [1.165, 1.54) is 4.68 Å². The van der Waals surface area contributed by atoms with E-state index in [1.807, 2.05) is 37.3 Å². The molecule has 0 aliphatic heterocycles. The van der Waals surface area contributed by atoms with Gasteiger partial charge in [0, 0.05) is 10.0 Å². The fourth-order valence-electron chi connectivity index (χ4n) is 2.53. The van der Waals surface area contributed by atoms with E-state index in [0.717, 1.165) is 4.47 Å². The Labute approximate surface area is 152 Å². The molecular formula is C19H17BrN2O3. The molecule has 0 saturated heterocycles. The van der Waals surface area contributed by atoms with E-state index in [2.05, 4.69) is 27.6 Å². The maximum atomic E-state index is 12.7. The van der Waals surface area contributed by atoms with Gasteiger partial charge < -0.3 is 9.84 Å². The molecule has 0 bridgehead atoms. The summed E-state index contributed by atoms with van der Waals surface area (Å²) in [6, 6.07) is 12.6. The van der Waals surface area contributed by atoms with E-state index >= 15 is 0 Å². The molecule has 2 aromatic carbocycles. The molecule has 0 atom stereocenters. The van der Waals surface area contributed by atoms with E-state index in [0.29, 0.717) is 34.2 Å². The van der Waals surface area contributed by atoms with E-state index in [1.54, 1.807) is 18.2 Å². The first kappa shape index (κ1) is 17.1. The fraction of sp³-hybridized carbons (Fsp3) is 0.105. The topological polar surface area (TPSA) is 67.2 Å². The first-order chi connectivity index (χ1) is 12.0. The van der Waals surface area contributed by atoms with Crippen LogP contribution in [0, 0.1) is 0 Å². The number of aromatic amines is 1. The van der Waals surface area contributed by atoms with Gasteiger partial charge in [0.1, 0.15) is 0 Å². The summed E-state index contributed by atoms with van der Waals surface area (Å²) in [4.78, 5) is 12.7. The van der Waals surface area contributed by atoms with Gasteiger partial charge in [-0.3, -0.25) is 9.89 Å². The van der Waals surface area contributed by atoms with Gasteiger partial charge in [0.25, 0.3) is 5.56 Å². The number of H-pyrrole nitrogens is 1. The number of phenolic OH excluding ortho intramolecular Hbond substituents is 1. The van der Waals surface area contributed by atoms with Gasteiger partial charge in [0.15, 0.2) is 11.5 Å². The van der Waals surface area contributed by atoms with Crippen LogP contribution < -0.4 is 20.9 Å². The minimum absolute atomic E-state index is 0.0173. The number of nitrogens with zero attached hydrogens (tertiary/aromatic N) is 1. The van der Waals surface area contributed by atoms with Gasteiger partial charge in [-0.25, -0.2) is 4.68 Å². The van der Waals surface area contributed by atoms with Crippen LogP contribution in [0.5, 0.6) is 11.5 Å². The van der Waals surface area contributed by atoms with Crippen LogP contribution >= 0.6 is 15.9 Å². The summed E-state index contributed by atoms with van der Waals surface area (Å²) >= 11 is 3.39. The standard InChI is InChI=1S/C19H17BrN2O3/c1-3-25-17-11-14(20)9-13(18(17)23)10-16-12(2)21-22(19(16)24)15-7-5-4-6-8-15/h4-11,21,23H,2-3H2,1H3/b16-10-. The zero-order valence-electron chi connectivity index (χ0n) is 13.6. The third kappa shape index (κ3) is 3.39. The zero-order valence-corrected chi connectivity index (χ0v) is 15.2. The molecule has 6 heteroatoms. The van der Waals surface area contributed by atoms with Crippen molar-refractivity contribution in [2.24, 2.45) is 0 Å². The first-order valence-corrected chi connectivity index (χ1v) is 8.53. The normalized spacial score (nSPS) is 11.7. The van der Waals surface area contributed by atoms with Crippen LogP contribution in [-0.2, 0) is 0 Å². The largest absolute Gasteiger partial charge is 0.504 e. The Morgan fingerprint density at radius 2 is 2.04 bits per heavy atom. The van der Waals surface area contributed by atoms with Crippen LogP contribution in [0.25, 0.3) is 18.3 Å². The fourth-order valence-corrected chi connectivity index (χ4v) is 2.98. The van der Waals surface area contributed by atoms with Gasteiger partial charge in [0.2, 0.25) is 0 Å². The lowest BCUT2D eigenvalue weighted by Crippen LogP contribution is -2.33. The summed E-state index contributed by atoms with van der Waals surface area (Å²) in [5.74, 6) is 0.337. The molecule has 0 radical (unpaired) electrons. The summed E-state index contributed by atoms with van der Waals surface area (Å²) in [6.07, 6.45) is 1.60. The quantitative estimate of drug-likeness (QED) is 0.705. The molecule has 3 aromatic rings. The second-order valence-corrected chi connectivity index (χ2v) is 6.31. The van der Waals surface area contributed by atoms with Crippen molar-refractivity contribution in [2.45, 2.75) is 6.92 Å². The molecule has 0 spiro atoms. The highest BCUT2D eigenvalue weighted by Crippen LogP contribution is 2.34. The molecule has 0 aliphatic carbocycles. The molecule has 1 heterocycles. The van der Waals surface area contributed by atoms with Crippen LogP contribution in [0.4, 0.5) is 0 Å². The molecule has 3 rings (SSSR count). The number of aromatic nitrogens is 2. The zero-order chi connectivity index (χ0) is 18.0. The number of nitrogens with one attached hydrogen (secondary N) is 1. The lowest BCUT2D eigenvalue weighted by Gasteiger charge is -2.08. The molecule has 0 aliphatic rings. The lowest BCUT2D eigenvalue weighted by molar-refractivity contribution is 0.317. The Hall–Kier alpha value is -2.73. The third-order valence-electron chi connectivity index (χ3n) is 3.69. The van der Waals surface area contributed by atoms with Gasteiger partial charge in [-0.15, -0.1) is 0 Å². The Morgan fingerprint density at radius 1 is 1.32 bits per heavy atom. The number of benzene rings is 2. The molecular weight excluding hydrogens is 384 g/mol. The van der Waals surface area contributed by atoms with Gasteiger partial charge in [-0.2, -0.15) is 0 Å². The van der Waals surface area contributed by atoms with Gasteiger partial charge in [0.05, 0.1) is 22.9 Å². The maximum absolute atomic E-state index is 12.7. The molecule has 2 N–H and O–H groups in total. The Balaban J connectivity index is 2.20. The molecule has 25 heavy (non-hydrogen) atoms. The summed E-state index contributed by atoms with van der Waals surface area (Å²) in [5, 5.41) is 14.2. The van der Waals surface area contributed by atoms with E-state index in [9.17, 15) is 9.90 Å². The average Bonchev–Trinajstić information content (AvgIpc) is 2.88. The number of para-hydroxylation sites is 1. The highest BCUT2D eigenvalue weighted by Gasteiger charge is 2.10. The van der Waals surface area contributed by atoms with Crippen molar-refractivity contribution >= 4 is 28.6 Å². The molecule has 0 fully saturated rings. The smallest absolute Gasteiger partial charge is 0.279 e. The Morgan fingerprint density at radius 3 is 2.72 bits per heavy atom. The Bertz CT molecular complexity index is 1070. The van der Waals surface area contributed by atoms with E-state index < -0.39 is 0 Å². The Kier molecular flexibility index (Phi) is 4.81. The lowest BCUT2D eigenvalue weighted by atomic mass is 10.1. The number of hydrogen-bond donors (Lipinski definition) is 2. The highest BCUT2D eigenvalue weighted by atomic mass is 79.9. The van der Waals surface area contributed by atoms with Crippen LogP contribution in [-0.4, -0.2) is 21.5 Å². The number of rotatable bonds is 4. The van der Waals surface area contributed by atoms with E-state index in [4.69, 9.17) is 4.74 Å². The molecule has 128 valence electrons. The highest BCUT2D eigenvalue weighted by molar-refractivity contribution is 9.10. The van der Waals surface area contributed by atoms with Crippen molar-refractivity contribution in [3.05, 3.63) is 73.4 Å². The van der Waals surface area contributed by atoms with Gasteiger partial charge in [-0.1, -0.05) is 40.7 Å². The summed E-state index contributed by atoms with van der Waals surface area (Å²) < 4.78 is 7.59. The summed E-state index contributed by atoms with van der Waals surface area (Å²) in [7, 11) is 0. The molecule has 0 saturated carbocycles. The van der Waals surface area contributed by atoms with Crippen LogP contribution in [0.3, 0.4) is 0 Å². The van der Waals surface area contributed by atoms with Crippen LogP contribution in [0.1, 0.15) is 12.5 Å². The molecule has 0 amide bonds. The first-order valence-electron chi connectivity index (χ1n) is 7.73. The number of ether oxygens (including phenoxy) is 1. The SMILES string of the molecule is C=c1[nH]n(-c2ccccc2)c(=O)/c1=C\c1cc(Br)cc(OCC)c1O. The minimum Gasteiger partial charge on any atom is -0.504 e. The van der Waals surface area contributed by atoms with Crippen molar-refractivity contribution in [3.8, 4) is 17.2 Å². The second kappa shape index (κ2) is 7.03. The van der Waals surface area contributed by atoms with E-state index in [-0.39, 0.29) is 11.3 Å². The van der Waals surface area contributed by atoms with Crippen molar-refractivity contribution in [3.63, 3.8) is 0 Å². The predicted molar refractivity (Wildman–Crippen MR) is 102 cm³/mol. The minimum atomic E-state index is -0.242. The van der Waals surface area contributed by atoms with Crippen molar-refractivity contribution in [1.82, 2.24) is 9.78 Å². The number of halogens is 1. The third-order valence-corrected chi connectivity index (χ3v) is 4.15. The number of phenols is 1. The molecule has 1 aromatic heterocycles. The van der Waals surface area contributed by atoms with Crippen LogP contribution in [0.15, 0.2) is 51.7 Å². The average molecular weight is 401 g/mol. The van der Waals surface area contributed by atoms with Gasteiger partial charge >= 0.3 is 0 Å². The molecule has 5 nitrogen and oxygen atoms in total. The summed E-state index contributed by atoms with van der Waals surface area (Å²) in [5.41, 5.74) is 0.943. The molecule has 0 unspecified atom stereocenters. The maximum Gasteiger partial charge on any atom is 0.279 e. The van der Waals surface area contributed by atoms with Gasteiger partial charge in [-0.05, 0) is 37.3 Å². The van der Waals surface area contributed by atoms with Crippen molar-refractivity contribution in [2.75, 3.05) is 6.61 Å². The number of hydrogen-bond acceptors (Lipinski definition) is 3. The summed E-state index contributed by atoms with van der Waals surface area (Å²) in [6.45, 7) is 6.16. The second-order valence-electron chi connectivity index (χ2n) is 5.40.